The molecule has 84 valence electrons. The Hall–Kier alpha value is -0.0300. The van der Waals surface area contributed by atoms with Gasteiger partial charge in [-0.1, -0.05) is 33.6 Å². The van der Waals surface area contributed by atoms with E-state index in [1.807, 2.05) is 25.1 Å². The molecule has 0 fully saturated rings. The number of hydrogen-bond acceptors (Lipinski definition) is 3. The Morgan fingerprint density at radius 1 is 1.40 bits per heavy atom. The number of aliphatic hydroxyl groups is 2. The van der Waals surface area contributed by atoms with E-state index in [1.54, 1.807) is 0 Å². The fraction of sp³-hybridized carbons (Fsp3) is 0.455. The minimum absolute atomic E-state index is 0.477. The van der Waals surface area contributed by atoms with E-state index in [2.05, 4.69) is 28.6 Å². The maximum atomic E-state index is 9.91. The Balaban J connectivity index is 2.89. The summed E-state index contributed by atoms with van der Waals surface area (Å²) in [5.41, 5.74) is 1.79. The number of aryl methyl sites for hydroxylation is 1. The van der Waals surface area contributed by atoms with Crippen LogP contribution in [0.2, 0.25) is 0 Å². The molecular weight excluding hydrogens is 276 g/mol. The molecule has 0 aliphatic carbocycles. The predicted molar refractivity (Wildman–Crippen MR) is 68.3 cm³/mol. The van der Waals surface area contributed by atoms with Crippen LogP contribution in [-0.4, -0.2) is 22.1 Å². The van der Waals surface area contributed by atoms with E-state index in [4.69, 9.17) is 0 Å². The molecule has 1 aromatic carbocycles. The van der Waals surface area contributed by atoms with Crippen LogP contribution in [0.25, 0.3) is 0 Å². The zero-order chi connectivity index (χ0) is 11.4. The first kappa shape index (κ1) is 13.0. The van der Waals surface area contributed by atoms with Crippen molar-refractivity contribution < 1.29 is 10.2 Å². The summed E-state index contributed by atoms with van der Waals surface area (Å²) in [6.45, 7) is 1.95. The number of rotatable bonds is 4. The van der Waals surface area contributed by atoms with E-state index < -0.39 is 12.2 Å². The second-order valence-corrected chi connectivity index (χ2v) is 4.85. The highest BCUT2D eigenvalue weighted by Crippen LogP contribution is 2.27. The van der Waals surface area contributed by atoms with Gasteiger partial charge in [-0.25, -0.2) is 0 Å². The van der Waals surface area contributed by atoms with Crippen molar-refractivity contribution in [1.29, 1.82) is 0 Å². The zero-order valence-corrected chi connectivity index (χ0v) is 11.0. The first-order valence-electron chi connectivity index (χ1n) is 4.79. The standard InChI is InChI=1S/C11H15BrO2S/c1-7-2-3-9(12)8(6-7)11(14)10(13)4-5-15/h2-3,6,10-11,13-15H,4-5H2,1H3. The SMILES string of the molecule is Cc1ccc(Br)c(C(O)C(O)CCS)c1. The molecule has 15 heavy (non-hydrogen) atoms. The summed E-state index contributed by atoms with van der Waals surface area (Å²) >= 11 is 7.39. The molecule has 0 aliphatic heterocycles. The topological polar surface area (TPSA) is 40.5 Å². The highest BCUT2D eigenvalue weighted by Gasteiger charge is 2.19. The van der Waals surface area contributed by atoms with Crippen LogP contribution in [0.15, 0.2) is 22.7 Å². The largest absolute Gasteiger partial charge is 0.390 e. The van der Waals surface area contributed by atoms with Crippen LogP contribution in [0.3, 0.4) is 0 Å². The lowest BCUT2D eigenvalue weighted by molar-refractivity contribution is 0.0168. The van der Waals surface area contributed by atoms with Crippen LogP contribution in [0.4, 0.5) is 0 Å². The third-order valence-electron chi connectivity index (χ3n) is 2.26. The molecule has 2 N–H and O–H groups in total. The van der Waals surface area contributed by atoms with Gasteiger partial charge in [0.25, 0.3) is 0 Å². The van der Waals surface area contributed by atoms with Gasteiger partial charge in [-0.2, -0.15) is 12.6 Å². The molecule has 0 radical (unpaired) electrons. The van der Waals surface area contributed by atoms with E-state index in [9.17, 15) is 10.2 Å². The minimum atomic E-state index is -0.855. The number of benzene rings is 1. The first-order valence-corrected chi connectivity index (χ1v) is 6.22. The fourth-order valence-corrected chi connectivity index (χ4v) is 2.13. The molecule has 0 saturated heterocycles. The van der Waals surface area contributed by atoms with Crippen LogP contribution < -0.4 is 0 Å². The van der Waals surface area contributed by atoms with Gasteiger partial charge in [0, 0.05) is 4.47 Å². The van der Waals surface area contributed by atoms with Crippen molar-refractivity contribution in [3.05, 3.63) is 33.8 Å². The van der Waals surface area contributed by atoms with E-state index in [0.717, 1.165) is 15.6 Å². The Morgan fingerprint density at radius 2 is 2.07 bits per heavy atom. The van der Waals surface area contributed by atoms with E-state index >= 15 is 0 Å². The monoisotopic (exact) mass is 290 g/mol. The Morgan fingerprint density at radius 3 is 2.67 bits per heavy atom. The van der Waals surface area contributed by atoms with Gasteiger partial charge in [-0.05, 0) is 30.7 Å². The lowest BCUT2D eigenvalue weighted by Gasteiger charge is -2.19. The van der Waals surface area contributed by atoms with Crippen LogP contribution in [-0.2, 0) is 0 Å². The molecule has 0 heterocycles. The molecule has 2 atom stereocenters. The second kappa shape index (κ2) is 5.89. The highest BCUT2D eigenvalue weighted by atomic mass is 79.9. The molecule has 2 unspecified atom stereocenters. The number of hydrogen-bond donors (Lipinski definition) is 3. The van der Waals surface area contributed by atoms with Crippen molar-refractivity contribution in [2.75, 3.05) is 5.75 Å². The summed E-state index contributed by atoms with van der Waals surface area (Å²) in [5.74, 6) is 0.557. The fourth-order valence-electron chi connectivity index (χ4n) is 1.39. The smallest absolute Gasteiger partial charge is 0.106 e. The molecule has 1 aromatic rings. The zero-order valence-electron chi connectivity index (χ0n) is 8.52. The lowest BCUT2D eigenvalue weighted by atomic mass is 10.0. The van der Waals surface area contributed by atoms with Gasteiger partial charge in [0.15, 0.2) is 0 Å². The van der Waals surface area contributed by atoms with Crippen LogP contribution in [0.1, 0.15) is 23.7 Å². The van der Waals surface area contributed by atoms with Crippen molar-refractivity contribution in [2.24, 2.45) is 0 Å². The maximum Gasteiger partial charge on any atom is 0.106 e. The summed E-state index contributed by atoms with van der Waals surface area (Å²) in [6.07, 6.45) is -1.14. The summed E-state index contributed by atoms with van der Waals surface area (Å²) in [4.78, 5) is 0. The molecule has 4 heteroatoms. The molecular formula is C11H15BrO2S. The third kappa shape index (κ3) is 3.48. The summed E-state index contributed by atoms with van der Waals surface area (Å²) in [6, 6.07) is 5.70. The maximum absolute atomic E-state index is 9.91. The molecule has 0 saturated carbocycles. The van der Waals surface area contributed by atoms with Crippen LogP contribution in [0.5, 0.6) is 0 Å². The van der Waals surface area contributed by atoms with Crippen molar-refractivity contribution in [3.8, 4) is 0 Å². The number of aliphatic hydroxyl groups excluding tert-OH is 2. The Kier molecular flexibility index (Phi) is 5.12. The Bertz CT molecular complexity index is 330. The van der Waals surface area contributed by atoms with E-state index in [-0.39, 0.29) is 0 Å². The predicted octanol–water partition coefficient (Wildman–Crippen LogP) is 2.47. The summed E-state index contributed by atoms with van der Waals surface area (Å²) in [5, 5.41) is 19.6. The molecule has 0 aromatic heterocycles. The molecule has 0 spiro atoms. The van der Waals surface area contributed by atoms with Crippen molar-refractivity contribution in [2.45, 2.75) is 25.6 Å². The summed E-state index contributed by atoms with van der Waals surface area (Å²) < 4.78 is 0.818. The van der Waals surface area contributed by atoms with E-state index in [1.165, 1.54) is 0 Å². The normalized spacial score (nSPS) is 15.0. The molecule has 2 nitrogen and oxygen atoms in total. The van der Waals surface area contributed by atoms with Gasteiger partial charge in [0.1, 0.15) is 6.10 Å². The summed E-state index contributed by atoms with van der Waals surface area (Å²) in [7, 11) is 0. The van der Waals surface area contributed by atoms with Gasteiger partial charge < -0.3 is 10.2 Å². The van der Waals surface area contributed by atoms with Gasteiger partial charge in [0.2, 0.25) is 0 Å². The Labute approximate surface area is 104 Å². The average molecular weight is 291 g/mol. The molecule has 0 aliphatic rings. The quantitative estimate of drug-likeness (QED) is 0.746. The second-order valence-electron chi connectivity index (χ2n) is 3.55. The van der Waals surface area contributed by atoms with Gasteiger partial charge in [-0.15, -0.1) is 0 Å². The van der Waals surface area contributed by atoms with E-state index in [0.29, 0.717) is 12.2 Å². The van der Waals surface area contributed by atoms with Gasteiger partial charge in [-0.3, -0.25) is 0 Å². The highest BCUT2D eigenvalue weighted by molar-refractivity contribution is 9.10. The van der Waals surface area contributed by atoms with Crippen molar-refractivity contribution in [3.63, 3.8) is 0 Å². The molecule has 1 rings (SSSR count). The first-order chi connectivity index (χ1) is 7.06. The third-order valence-corrected chi connectivity index (χ3v) is 3.24. The van der Waals surface area contributed by atoms with Crippen molar-refractivity contribution >= 4 is 28.6 Å². The average Bonchev–Trinajstić information content (AvgIpc) is 2.21. The van der Waals surface area contributed by atoms with Crippen molar-refractivity contribution in [1.82, 2.24) is 0 Å². The van der Waals surface area contributed by atoms with Crippen LogP contribution >= 0.6 is 28.6 Å². The minimum Gasteiger partial charge on any atom is -0.390 e. The number of thiol groups is 1. The van der Waals surface area contributed by atoms with Gasteiger partial charge >= 0.3 is 0 Å². The van der Waals surface area contributed by atoms with Crippen LogP contribution in [0, 0.1) is 6.92 Å². The number of halogens is 1. The van der Waals surface area contributed by atoms with Gasteiger partial charge in [0.05, 0.1) is 6.10 Å². The molecule has 0 bridgehead atoms. The molecule has 0 amide bonds. The lowest BCUT2D eigenvalue weighted by Crippen LogP contribution is -2.19.